The van der Waals surface area contributed by atoms with Crippen molar-refractivity contribution in [2.75, 3.05) is 58.8 Å². The SMILES string of the molecule is CCSCCc1cc(COc2cc3c(cc2C)C(=O)N2c4ccccc4C[C@H]2CN3)cc(COc2cc3c(cc2OC)C(=O)N2c4ccccc4C[C@H]2CN3C)c1. The number of ether oxygens (including phenoxy) is 3. The number of aryl methyl sites for hydroxylation is 2. The number of nitrogens with one attached hydrogen (secondary N) is 1. The molecule has 4 heterocycles. The van der Waals surface area contributed by atoms with Gasteiger partial charge in [0.25, 0.3) is 11.8 Å². The number of thioether (sulfide) groups is 1. The first kappa shape index (κ1) is 37.0. The molecule has 1 N–H and O–H groups in total. The Balaban J connectivity index is 0.946. The molecule has 10 heteroatoms. The Hall–Kier alpha value is -5.61. The Labute approximate surface area is 338 Å². The number of methoxy groups -OCH3 is 1. The summed E-state index contributed by atoms with van der Waals surface area (Å²) >= 11 is 1.92. The third-order valence-corrected chi connectivity index (χ3v) is 12.6. The third-order valence-electron chi connectivity index (χ3n) is 11.7. The van der Waals surface area contributed by atoms with Crippen molar-refractivity contribution in [1.82, 2.24) is 0 Å². The third kappa shape index (κ3) is 6.94. The average molecular weight is 781 g/mol. The summed E-state index contributed by atoms with van der Waals surface area (Å²) < 4.78 is 18.9. The van der Waals surface area contributed by atoms with Crippen molar-refractivity contribution in [3.05, 3.63) is 136 Å². The summed E-state index contributed by atoms with van der Waals surface area (Å²) in [6.45, 7) is 6.26. The average Bonchev–Trinajstić information content (AvgIpc) is 3.72. The number of likely N-dealkylation sites (N-methyl/N-ethyl adjacent to an activating group) is 1. The first-order valence-electron chi connectivity index (χ1n) is 19.9. The molecule has 0 fully saturated rings. The van der Waals surface area contributed by atoms with Crippen LogP contribution in [-0.2, 0) is 32.5 Å². The van der Waals surface area contributed by atoms with Crippen LogP contribution in [0.1, 0.15) is 61.0 Å². The second kappa shape index (κ2) is 15.4. The second-order valence-corrected chi connectivity index (χ2v) is 16.8. The smallest absolute Gasteiger partial charge is 0.260 e. The van der Waals surface area contributed by atoms with Gasteiger partial charge in [0.1, 0.15) is 19.0 Å². The van der Waals surface area contributed by atoms with Crippen LogP contribution in [0.15, 0.2) is 91.0 Å². The zero-order chi connectivity index (χ0) is 39.2. The van der Waals surface area contributed by atoms with E-state index in [1.165, 1.54) is 16.7 Å². The van der Waals surface area contributed by atoms with E-state index in [2.05, 4.69) is 47.5 Å². The van der Waals surface area contributed by atoms with E-state index in [9.17, 15) is 9.59 Å². The van der Waals surface area contributed by atoms with Crippen molar-refractivity contribution < 1.29 is 23.8 Å². The minimum absolute atomic E-state index is 0.0188. The molecule has 57 heavy (non-hydrogen) atoms. The van der Waals surface area contributed by atoms with Crippen LogP contribution in [0.5, 0.6) is 17.2 Å². The van der Waals surface area contributed by atoms with Crippen molar-refractivity contribution in [2.24, 2.45) is 0 Å². The molecule has 5 aromatic rings. The van der Waals surface area contributed by atoms with Gasteiger partial charge in [0.2, 0.25) is 0 Å². The zero-order valence-corrected chi connectivity index (χ0v) is 33.8. The predicted octanol–water partition coefficient (Wildman–Crippen LogP) is 8.48. The summed E-state index contributed by atoms with van der Waals surface area (Å²) in [5.74, 6) is 3.96. The molecule has 4 aliphatic heterocycles. The maximum absolute atomic E-state index is 14.1. The van der Waals surface area contributed by atoms with Gasteiger partial charge in [-0.15, -0.1) is 0 Å². The maximum Gasteiger partial charge on any atom is 0.260 e. The molecule has 0 saturated heterocycles. The molecule has 0 saturated carbocycles. The molecule has 4 aliphatic rings. The van der Waals surface area contributed by atoms with E-state index in [1.807, 2.05) is 96.2 Å². The molecular formula is C47H48N4O5S. The van der Waals surface area contributed by atoms with Gasteiger partial charge in [-0.1, -0.05) is 55.5 Å². The summed E-state index contributed by atoms with van der Waals surface area (Å²) in [5.41, 5.74) is 11.5. The van der Waals surface area contributed by atoms with Gasteiger partial charge in [-0.05, 0) is 101 Å². The Morgan fingerprint density at radius 2 is 1.35 bits per heavy atom. The van der Waals surface area contributed by atoms with E-state index in [1.54, 1.807) is 7.11 Å². The maximum atomic E-state index is 14.1. The van der Waals surface area contributed by atoms with Gasteiger partial charge in [-0.3, -0.25) is 9.59 Å². The number of nitrogens with zero attached hydrogens (tertiary/aromatic N) is 3. The first-order chi connectivity index (χ1) is 27.8. The molecule has 0 unspecified atom stereocenters. The first-order valence-corrected chi connectivity index (χ1v) is 21.0. The number of para-hydroxylation sites is 2. The fourth-order valence-electron chi connectivity index (χ4n) is 8.96. The van der Waals surface area contributed by atoms with Gasteiger partial charge in [-0.2, -0.15) is 11.8 Å². The van der Waals surface area contributed by atoms with Crippen LogP contribution in [-0.4, -0.2) is 62.7 Å². The number of carbonyl (C=O) groups excluding carboxylic acids is 2. The fraction of sp³-hybridized carbons (Fsp3) is 0.319. The van der Waals surface area contributed by atoms with E-state index in [0.29, 0.717) is 48.9 Å². The number of rotatable bonds is 11. The van der Waals surface area contributed by atoms with Crippen molar-refractivity contribution in [3.8, 4) is 17.2 Å². The van der Waals surface area contributed by atoms with Gasteiger partial charge in [0.05, 0.1) is 41.7 Å². The summed E-state index contributed by atoms with van der Waals surface area (Å²) in [6, 6.07) is 30.8. The topological polar surface area (TPSA) is 83.6 Å². The monoisotopic (exact) mass is 780 g/mol. The molecule has 2 atom stereocenters. The van der Waals surface area contributed by atoms with E-state index in [4.69, 9.17) is 14.2 Å². The molecule has 0 spiro atoms. The van der Waals surface area contributed by atoms with Crippen LogP contribution in [0.3, 0.4) is 0 Å². The Bertz CT molecular complexity index is 2380. The highest BCUT2D eigenvalue weighted by Crippen LogP contribution is 2.43. The van der Waals surface area contributed by atoms with Crippen molar-refractivity contribution in [2.45, 2.75) is 58.4 Å². The number of benzene rings is 5. The van der Waals surface area contributed by atoms with Crippen LogP contribution in [0, 0.1) is 6.92 Å². The molecule has 9 nitrogen and oxygen atoms in total. The van der Waals surface area contributed by atoms with Crippen LogP contribution in [0.25, 0.3) is 0 Å². The number of hydrogen-bond donors (Lipinski definition) is 1. The molecule has 0 aromatic heterocycles. The molecule has 9 rings (SSSR count). The highest BCUT2D eigenvalue weighted by Gasteiger charge is 2.40. The lowest BCUT2D eigenvalue weighted by atomic mass is 10.0. The second-order valence-electron chi connectivity index (χ2n) is 15.5. The lowest BCUT2D eigenvalue weighted by Gasteiger charge is -2.25. The number of carbonyl (C=O) groups is 2. The number of anilines is 4. The van der Waals surface area contributed by atoms with Crippen LogP contribution >= 0.6 is 11.8 Å². The molecular weight excluding hydrogens is 733 g/mol. The van der Waals surface area contributed by atoms with E-state index >= 15 is 0 Å². The van der Waals surface area contributed by atoms with E-state index < -0.39 is 0 Å². The Morgan fingerprint density at radius 1 is 0.719 bits per heavy atom. The Kier molecular flexibility index (Phi) is 9.98. The molecule has 2 amide bonds. The minimum atomic E-state index is -0.0188. The van der Waals surface area contributed by atoms with Gasteiger partial charge in [0.15, 0.2) is 11.5 Å². The van der Waals surface area contributed by atoms with Gasteiger partial charge in [-0.25, -0.2) is 0 Å². The molecule has 0 bridgehead atoms. The quantitative estimate of drug-likeness (QED) is 0.134. The minimum Gasteiger partial charge on any atom is -0.493 e. The van der Waals surface area contributed by atoms with Crippen LogP contribution in [0.2, 0.25) is 0 Å². The fourth-order valence-corrected chi connectivity index (χ4v) is 9.63. The Morgan fingerprint density at radius 3 is 2.05 bits per heavy atom. The summed E-state index contributed by atoms with van der Waals surface area (Å²) in [5, 5.41) is 3.56. The molecule has 292 valence electrons. The highest BCUT2D eigenvalue weighted by atomic mass is 32.2. The van der Waals surface area contributed by atoms with Crippen molar-refractivity contribution >= 4 is 46.3 Å². The van der Waals surface area contributed by atoms with Gasteiger partial charge in [0, 0.05) is 43.6 Å². The van der Waals surface area contributed by atoms with Crippen LogP contribution < -0.4 is 34.2 Å². The largest absolute Gasteiger partial charge is 0.493 e. The van der Waals surface area contributed by atoms with Gasteiger partial charge >= 0.3 is 0 Å². The molecule has 5 aromatic carbocycles. The predicted molar refractivity (Wildman–Crippen MR) is 229 cm³/mol. The van der Waals surface area contributed by atoms with Crippen LogP contribution in [0.4, 0.5) is 22.7 Å². The lowest BCUT2D eigenvalue weighted by Crippen LogP contribution is -2.41. The standard InChI is InChI=1S/C47H48N4O5S/c1-5-57-15-14-30-17-31(27-55-43-23-39-37(16-29(43)2)46(52)50-35(25-48-39)20-33-10-6-8-12-40(33)50)19-32(18-30)28-56-45-24-42-38(22-44(45)54-4)47(53)51-36(26-49(42)3)21-34-11-7-9-13-41(34)51/h6-13,16-19,22-24,35-36,48H,5,14-15,20-21,25-28H2,1-4H3/t35-,36-/m0/s1. The number of amides is 2. The van der Waals surface area contributed by atoms with Crippen molar-refractivity contribution in [1.29, 1.82) is 0 Å². The van der Waals surface area contributed by atoms with E-state index in [-0.39, 0.29) is 23.9 Å². The lowest BCUT2D eigenvalue weighted by molar-refractivity contribution is 0.0975. The zero-order valence-electron chi connectivity index (χ0n) is 33.0. The van der Waals surface area contributed by atoms with Gasteiger partial charge < -0.3 is 34.2 Å². The number of hydrogen-bond acceptors (Lipinski definition) is 8. The summed E-state index contributed by atoms with van der Waals surface area (Å²) in [4.78, 5) is 34.1. The highest BCUT2D eigenvalue weighted by molar-refractivity contribution is 7.99. The normalized spacial score (nSPS) is 17.7. The number of fused-ring (bicyclic) bond motifs is 8. The summed E-state index contributed by atoms with van der Waals surface area (Å²) in [7, 11) is 3.66. The summed E-state index contributed by atoms with van der Waals surface area (Å²) in [6.07, 6.45) is 2.60. The molecule has 0 aliphatic carbocycles. The molecule has 0 radical (unpaired) electrons. The van der Waals surface area contributed by atoms with Crippen molar-refractivity contribution in [3.63, 3.8) is 0 Å². The van der Waals surface area contributed by atoms with E-state index in [0.717, 1.165) is 76.0 Å².